The van der Waals surface area contributed by atoms with Gasteiger partial charge in [0.2, 0.25) is 0 Å². The predicted molar refractivity (Wildman–Crippen MR) is 155 cm³/mol. The van der Waals surface area contributed by atoms with Gasteiger partial charge in [-0.3, -0.25) is 14.0 Å². The molecule has 0 aliphatic carbocycles. The van der Waals surface area contributed by atoms with Crippen LogP contribution in [0.3, 0.4) is 0 Å². The summed E-state index contributed by atoms with van der Waals surface area (Å²) in [4.78, 5) is 15.0. The minimum absolute atomic E-state index is 0.0370. The van der Waals surface area contributed by atoms with Crippen LogP contribution < -0.4 is 15.2 Å². The molecule has 0 spiro atoms. The summed E-state index contributed by atoms with van der Waals surface area (Å²) in [6.45, 7) is 5.65. The molecule has 1 aliphatic heterocycles. The van der Waals surface area contributed by atoms with Crippen LogP contribution in [-0.4, -0.2) is 51.0 Å². The topological polar surface area (TPSA) is 68.9 Å². The molecule has 5 rings (SSSR count). The monoisotopic (exact) mass is 549 g/mol. The molecule has 7 nitrogen and oxygen atoms in total. The van der Waals surface area contributed by atoms with Crippen LogP contribution in [-0.2, 0) is 20.1 Å². The largest absolute Gasteiger partial charge is 0.492 e. The molecule has 2 heterocycles. The second kappa shape index (κ2) is 11.9. The van der Waals surface area contributed by atoms with E-state index < -0.39 is 5.60 Å². The molecule has 0 radical (unpaired) electrons. The summed E-state index contributed by atoms with van der Waals surface area (Å²) in [5.41, 5.74) is 3.20. The highest BCUT2D eigenvalue weighted by molar-refractivity contribution is 6.32. The molecule has 3 aromatic carbocycles. The number of fused-ring (bicyclic) bond motifs is 1. The number of aliphatic hydroxyl groups is 1. The third-order valence-electron chi connectivity index (χ3n) is 7.56. The first kappa shape index (κ1) is 27.3. The van der Waals surface area contributed by atoms with Gasteiger partial charge in [-0.25, -0.2) is 4.79 Å². The Hall–Kier alpha value is -3.26. The number of aromatic nitrogens is 2. The van der Waals surface area contributed by atoms with Crippen molar-refractivity contribution in [1.82, 2.24) is 14.0 Å². The first-order chi connectivity index (χ1) is 18.8. The molecule has 1 aliphatic rings. The normalized spacial score (nSPS) is 18.3. The molecule has 0 unspecified atom stereocenters. The second-order valence-corrected chi connectivity index (χ2v) is 11.0. The minimum atomic E-state index is -0.869. The SMILES string of the molecule is Cc1ccc(Cl)c(OC[C@@]2(O)CCCN(Cc3ccc(OCCn4c(=O)n(C)c5ccccc54)cc3)CC2)c1. The number of hydrogen-bond acceptors (Lipinski definition) is 5. The fourth-order valence-corrected chi connectivity index (χ4v) is 5.43. The molecular weight excluding hydrogens is 514 g/mol. The number of aryl methyl sites for hydroxylation is 2. The number of benzene rings is 3. The molecule has 1 saturated heterocycles. The maximum Gasteiger partial charge on any atom is 0.328 e. The van der Waals surface area contributed by atoms with E-state index in [1.165, 1.54) is 5.56 Å². The van der Waals surface area contributed by atoms with Crippen molar-refractivity contribution in [1.29, 1.82) is 0 Å². The Morgan fingerprint density at radius 3 is 2.54 bits per heavy atom. The van der Waals surface area contributed by atoms with Crippen molar-refractivity contribution in [3.05, 3.63) is 93.4 Å². The smallest absolute Gasteiger partial charge is 0.328 e. The molecule has 0 amide bonds. The molecule has 206 valence electrons. The maximum atomic E-state index is 12.6. The molecule has 1 N–H and O–H groups in total. The quantitative estimate of drug-likeness (QED) is 0.312. The van der Waals surface area contributed by atoms with Gasteiger partial charge in [0.1, 0.15) is 24.7 Å². The highest BCUT2D eigenvalue weighted by Gasteiger charge is 2.31. The Kier molecular flexibility index (Phi) is 8.31. The van der Waals surface area contributed by atoms with Gasteiger partial charge in [0.15, 0.2) is 0 Å². The lowest BCUT2D eigenvalue weighted by Gasteiger charge is -2.27. The highest BCUT2D eigenvalue weighted by Crippen LogP contribution is 2.29. The number of ether oxygens (including phenoxy) is 2. The Balaban J connectivity index is 1.11. The number of rotatable bonds is 9. The molecule has 8 heteroatoms. The van der Waals surface area contributed by atoms with E-state index in [4.69, 9.17) is 21.1 Å². The number of para-hydroxylation sites is 2. The second-order valence-electron chi connectivity index (χ2n) is 10.6. The molecule has 0 bridgehead atoms. The lowest BCUT2D eigenvalue weighted by atomic mass is 9.96. The minimum Gasteiger partial charge on any atom is -0.492 e. The average Bonchev–Trinajstić information content (AvgIpc) is 3.05. The van der Waals surface area contributed by atoms with Crippen LogP contribution in [0.4, 0.5) is 0 Å². The number of imidazole rings is 1. The van der Waals surface area contributed by atoms with Crippen LogP contribution in [0.5, 0.6) is 11.5 Å². The van der Waals surface area contributed by atoms with Gasteiger partial charge >= 0.3 is 5.69 Å². The molecule has 0 saturated carbocycles. The van der Waals surface area contributed by atoms with E-state index >= 15 is 0 Å². The number of halogens is 1. The lowest BCUT2D eigenvalue weighted by molar-refractivity contribution is -0.0168. The van der Waals surface area contributed by atoms with Crippen LogP contribution >= 0.6 is 11.6 Å². The first-order valence-corrected chi connectivity index (χ1v) is 13.9. The maximum absolute atomic E-state index is 12.6. The van der Waals surface area contributed by atoms with E-state index in [9.17, 15) is 9.90 Å². The first-order valence-electron chi connectivity index (χ1n) is 13.5. The third kappa shape index (κ3) is 6.49. The van der Waals surface area contributed by atoms with E-state index in [0.29, 0.717) is 36.8 Å². The Morgan fingerprint density at radius 2 is 1.74 bits per heavy atom. The van der Waals surface area contributed by atoms with Gasteiger partial charge in [-0.15, -0.1) is 0 Å². The van der Waals surface area contributed by atoms with Crippen LogP contribution in [0, 0.1) is 6.92 Å². The zero-order chi connectivity index (χ0) is 27.4. The molecule has 39 heavy (non-hydrogen) atoms. The predicted octanol–water partition coefficient (Wildman–Crippen LogP) is 5.18. The van der Waals surface area contributed by atoms with Crippen molar-refractivity contribution in [2.75, 3.05) is 26.3 Å². The van der Waals surface area contributed by atoms with E-state index in [1.54, 1.807) is 16.2 Å². The molecule has 1 fully saturated rings. The van der Waals surface area contributed by atoms with E-state index in [-0.39, 0.29) is 12.3 Å². The zero-order valence-corrected chi connectivity index (χ0v) is 23.4. The van der Waals surface area contributed by atoms with Gasteiger partial charge in [0.05, 0.1) is 28.2 Å². The van der Waals surface area contributed by atoms with Gasteiger partial charge in [0, 0.05) is 20.1 Å². The van der Waals surface area contributed by atoms with Crippen molar-refractivity contribution in [2.24, 2.45) is 7.05 Å². The van der Waals surface area contributed by atoms with Gasteiger partial charge < -0.3 is 14.6 Å². The van der Waals surface area contributed by atoms with Crippen molar-refractivity contribution in [2.45, 2.75) is 44.9 Å². The standard InChI is InChI=1S/C31H36ClN3O4/c1-23-8-13-26(32)29(20-23)39-22-31(37)14-5-16-34(17-15-31)21-24-9-11-25(12-10-24)38-19-18-35-28-7-4-3-6-27(28)33(2)30(35)36/h3-4,6-13,20,37H,5,14-19,21-22H2,1-2H3/t31-/m1/s1. The van der Waals surface area contributed by atoms with Gasteiger partial charge in [0.25, 0.3) is 0 Å². The number of hydrogen-bond donors (Lipinski definition) is 1. The highest BCUT2D eigenvalue weighted by atomic mass is 35.5. The van der Waals surface area contributed by atoms with Gasteiger partial charge in [-0.1, -0.05) is 41.9 Å². The van der Waals surface area contributed by atoms with Crippen molar-refractivity contribution >= 4 is 22.6 Å². The summed E-state index contributed by atoms with van der Waals surface area (Å²) < 4.78 is 15.3. The molecule has 4 aromatic rings. The molecule has 1 aromatic heterocycles. The summed E-state index contributed by atoms with van der Waals surface area (Å²) in [6, 6.07) is 21.6. The molecular formula is C31H36ClN3O4. The lowest BCUT2D eigenvalue weighted by Crippen LogP contribution is -2.37. The van der Waals surface area contributed by atoms with Crippen molar-refractivity contribution in [3.8, 4) is 11.5 Å². The van der Waals surface area contributed by atoms with Crippen LogP contribution in [0.2, 0.25) is 5.02 Å². The van der Waals surface area contributed by atoms with Crippen LogP contribution in [0.15, 0.2) is 71.5 Å². The fourth-order valence-electron chi connectivity index (χ4n) is 5.25. The molecule has 1 atom stereocenters. The summed E-state index contributed by atoms with van der Waals surface area (Å²) in [7, 11) is 1.79. The average molecular weight is 550 g/mol. The fraction of sp³-hybridized carbons (Fsp3) is 0.387. The van der Waals surface area contributed by atoms with E-state index in [1.807, 2.05) is 61.5 Å². The van der Waals surface area contributed by atoms with Crippen molar-refractivity contribution in [3.63, 3.8) is 0 Å². The third-order valence-corrected chi connectivity index (χ3v) is 7.87. The van der Waals surface area contributed by atoms with Crippen LogP contribution in [0.25, 0.3) is 11.0 Å². The number of nitrogens with zero attached hydrogens (tertiary/aromatic N) is 3. The summed E-state index contributed by atoms with van der Waals surface area (Å²) in [5.74, 6) is 1.40. The summed E-state index contributed by atoms with van der Waals surface area (Å²) >= 11 is 6.26. The van der Waals surface area contributed by atoms with Crippen molar-refractivity contribution < 1.29 is 14.6 Å². The van der Waals surface area contributed by atoms with Gasteiger partial charge in [-0.05, 0) is 80.3 Å². The zero-order valence-electron chi connectivity index (χ0n) is 22.6. The Morgan fingerprint density at radius 1 is 0.974 bits per heavy atom. The van der Waals surface area contributed by atoms with E-state index in [2.05, 4.69) is 17.0 Å². The Bertz CT molecular complexity index is 1480. The number of likely N-dealkylation sites (tertiary alicyclic amines) is 1. The summed E-state index contributed by atoms with van der Waals surface area (Å²) in [5, 5.41) is 11.8. The van der Waals surface area contributed by atoms with Crippen LogP contribution in [0.1, 0.15) is 30.4 Å². The summed E-state index contributed by atoms with van der Waals surface area (Å²) in [6.07, 6.45) is 2.24. The van der Waals surface area contributed by atoms with Gasteiger partial charge in [-0.2, -0.15) is 0 Å². The van der Waals surface area contributed by atoms with E-state index in [0.717, 1.165) is 48.4 Å². The Labute approximate surface area is 234 Å².